The molecule has 4 aromatic rings. The van der Waals surface area contributed by atoms with Gasteiger partial charge in [0, 0.05) is 25.4 Å². The topological polar surface area (TPSA) is 130 Å². The molecule has 5 rings (SSSR count). The second-order valence-corrected chi connectivity index (χ2v) is 6.92. The summed E-state index contributed by atoms with van der Waals surface area (Å²) in [7, 11) is 0. The van der Waals surface area contributed by atoms with Crippen LogP contribution < -0.4 is 16.0 Å². The number of aliphatic hydroxyl groups is 1. The molecule has 0 atom stereocenters. The Hall–Kier alpha value is -3.79. The number of fused-ring (bicyclic) bond motifs is 1. The largest absolute Gasteiger partial charge is 0.389 e. The molecular weight excluding hydrogens is 370 g/mol. The number of nitrogens with zero attached hydrogens (tertiary/aromatic N) is 7. The first-order valence-corrected chi connectivity index (χ1v) is 9.18. The molecule has 146 valence electrons. The molecule has 4 N–H and O–H groups in total. The van der Waals surface area contributed by atoms with Crippen molar-refractivity contribution in [2.75, 3.05) is 29.0 Å². The number of aliphatic hydroxyl groups excluding tert-OH is 1. The first kappa shape index (κ1) is 17.3. The van der Waals surface area contributed by atoms with Crippen LogP contribution in [-0.2, 0) is 0 Å². The lowest BCUT2D eigenvalue weighted by Crippen LogP contribution is -2.51. The summed E-state index contributed by atoms with van der Waals surface area (Å²) in [6, 6.07) is 9.23. The lowest BCUT2D eigenvalue weighted by Gasteiger charge is -2.36. The minimum Gasteiger partial charge on any atom is -0.389 e. The van der Waals surface area contributed by atoms with Crippen LogP contribution in [0.25, 0.3) is 17.0 Å². The summed E-state index contributed by atoms with van der Waals surface area (Å²) in [5.41, 5.74) is 8.70. The molecule has 1 aliphatic heterocycles. The fourth-order valence-electron chi connectivity index (χ4n) is 3.34. The van der Waals surface area contributed by atoms with E-state index in [2.05, 4.69) is 30.4 Å². The number of aryl methyl sites for hydroxylation is 1. The van der Waals surface area contributed by atoms with Gasteiger partial charge in [0.05, 0.1) is 23.7 Å². The molecule has 1 aliphatic rings. The fourth-order valence-corrected chi connectivity index (χ4v) is 3.34. The highest BCUT2D eigenvalue weighted by molar-refractivity contribution is 5.78. The van der Waals surface area contributed by atoms with Gasteiger partial charge in [0.2, 0.25) is 0 Å². The number of imidazole rings is 1. The van der Waals surface area contributed by atoms with Crippen molar-refractivity contribution in [3.8, 4) is 11.4 Å². The van der Waals surface area contributed by atoms with Gasteiger partial charge in [-0.05, 0) is 31.2 Å². The summed E-state index contributed by atoms with van der Waals surface area (Å²) >= 11 is 0. The predicted octanol–water partition coefficient (Wildman–Crippen LogP) is 1.40. The normalized spacial score (nSPS) is 14.2. The van der Waals surface area contributed by atoms with Crippen molar-refractivity contribution in [3.05, 3.63) is 48.5 Å². The monoisotopic (exact) mass is 389 g/mol. The molecule has 0 unspecified atom stereocenters. The summed E-state index contributed by atoms with van der Waals surface area (Å²) in [5.74, 6) is 2.37. The highest BCUT2D eigenvalue weighted by Crippen LogP contribution is 2.30. The Morgan fingerprint density at radius 1 is 1.17 bits per heavy atom. The molecule has 29 heavy (non-hydrogen) atoms. The van der Waals surface area contributed by atoms with Crippen LogP contribution in [0, 0.1) is 6.92 Å². The van der Waals surface area contributed by atoms with E-state index in [1.807, 2.05) is 29.2 Å². The van der Waals surface area contributed by atoms with Gasteiger partial charge in [0.25, 0.3) is 0 Å². The number of anilines is 4. The van der Waals surface area contributed by atoms with Crippen molar-refractivity contribution >= 4 is 28.8 Å². The van der Waals surface area contributed by atoms with Gasteiger partial charge in [-0.3, -0.25) is 0 Å². The summed E-state index contributed by atoms with van der Waals surface area (Å²) in [5, 5.41) is 17.2. The second kappa shape index (κ2) is 6.67. The summed E-state index contributed by atoms with van der Waals surface area (Å²) < 4.78 is 1.72. The van der Waals surface area contributed by atoms with Crippen LogP contribution in [0.2, 0.25) is 0 Å². The van der Waals surface area contributed by atoms with Gasteiger partial charge in [-0.2, -0.15) is 5.10 Å². The molecule has 0 saturated carbocycles. The minimum atomic E-state index is -0.272. The van der Waals surface area contributed by atoms with Gasteiger partial charge in [-0.25, -0.2) is 24.5 Å². The van der Waals surface area contributed by atoms with Crippen molar-refractivity contribution in [3.63, 3.8) is 0 Å². The molecule has 0 bridgehead atoms. The van der Waals surface area contributed by atoms with Crippen LogP contribution in [0.15, 0.2) is 42.7 Å². The maximum atomic E-state index is 9.46. The van der Waals surface area contributed by atoms with E-state index in [4.69, 9.17) is 5.73 Å². The number of pyridine rings is 1. The number of nitrogens with one attached hydrogen (secondary N) is 1. The molecule has 1 saturated heterocycles. The molecule has 0 amide bonds. The van der Waals surface area contributed by atoms with E-state index in [9.17, 15) is 5.11 Å². The van der Waals surface area contributed by atoms with Crippen molar-refractivity contribution < 1.29 is 5.11 Å². The lowest BCUT2D eigenvalue weighted by molar-refractivity contribution is 0.141. The Morgan fingerprint density at radius 2 is 2.03 bits per heavy atom. The van der Waals surface area contributed by atoms with Crippen LogP contribution in [0.3, 0.4) is 0 Å². The lowest BCUT2D eigenvalue weighted by atomic mass is 10.2. The molecule has 0 spiro atoms. The van der Waals surface area contributed by atoms with E-state index in [0.717, 1.165) is 11.5 Å². The zero-order chi connectivity index (χ0) is 20.0. The average molecular weight is 389 g/mol. The van der Waals surface area contributed by atoms with Crippen LogP contribution in [0.5, 0.6) is 0 Å². The van der Waals surface area contributed by atoms with Gasteiger partial charge in [-0.1, -0.05) is 0 Å². The standard InChI is InChI=1S/C19H19N9O/c1-11-23-14(7-15(20)24-11)18-19(26-17-3-2-6-22-28(17)18)25-12-4-5-16(21-8-12)27-9-13(29)10-27/h2-8,13,25,29H,9-10H2,1H3,(H2,20,23,24). The van der Waals surface area contributed by atoms with E-state index in [-0.39, 0.29) is 6.10 Å². The number of rotatable bonds is 4. The SMILES string of the molecule is Cc1nc(N)cc(-c2c(Nc3ccc(N4CC(O)C4)nc3)nc3cccnn23)n1. The number of β-amino-alcohol motifs (C(OH)–C–C–N with tert-alkyl or cyclic N) is 1. The molecule has 10 heteroatoms. The van der Waals surface area contributed by atoms with E-state index in [0.29, 0.717) is 47.6 Å². The highest BCUT2D eigenvalue weighted by Gasteiger charge is 2.25. The van der Waals surface area contributed by atoms with Crippen molar-refractivity contribution in [2.45, 2.75) is 13.0 Å². The Morgan fingerprint density at radius 3 is 2.76 bits per heavy atom. The van der Waals surface area contributed by atoms with Crippen LogP contribution in [0.4, 0.5) is 23.1 Å². The maximum absolute atomic E-state index is 9.46. The number of nitrogens with two attached hydrogens (primary N) is 1. The summed E-state index contributed by atoms with van der Waals surface area (Å²) in [6.45, 7) is 3.01. The molecular formula is C19H19N9O. The molecule has 4 aromatic heterocycles. The van der Waals surface area contributed by atoms with Gasteiger partial charge in [0.1, 0.15) is 23.2 Å². The first-order chi connectivity index (χ1) is 14.1. The molecule has 0 aliphatic carbocycles. The molecule has 5 heterocycles. The van der Waals surface area contributed by atoms with Crippen molar-refractivity contribution in [1.82, 2.24) is 29.5 Å². The maximum Gasteiger partial charge on any atom is 0.161 e. The van der Waals surface area contributed by atoms with Gasteiger partial charge < -0.3 is 21.1 Å². The Kier molecular flexibility index (Phi) is 3.98. The molecule has 0 radical (unpaired) electrons. The Balaban J connectivity index is 1.53. The smallest absolute Gasteiger partial charge is 0.161 e. The first-order valence-electron chi connectivity index (χ1n) is 9.18. The summed E-state index contributed by atoms with van der Waals surface area (Å²) in [6.07, 6.45) is 3.16. The third kappa shape index (κ3) is 3.19. The van der Waals surface area contributed by atoms with Crippen molar-refractivity contribution in [2.24, 2.45) is 0 Å². The third-order valence-electron chi connectivity index (χ3n) is 4.69. The summed E-state index contributed by atoms with van der Waals surface area (Å²) in [4.78, 5) is 19.8. The molecule has 0 aromatic carbocycles. The zero-order valence-corrected chi connectivity index (χ0v) is 15.7. The van der Waals surface area contributed by atoms with E-state index in [1.165, 1.54) is 0 Å². The quantitative estimate of drug-likeness (QED) is 0.474. The Bertz CT molecular complexity index is 1160. The third-order valence-corrected chi connectivity index (χ3v) is 4.69. The number of hydrogen-bond donors (Lipinski definition) is 3. The van der Waals surface area contributed by atoms with Gasteiger partial charge in [-0.15, -0.1) is 0 Å². The van der Waals surface area contributed by atoms with Crippen LogP contribution >= 0.6 is 0 Å². The zero-order valence-electron chi connectivity index (χ0n) is 15.7. The van der Waals surface area contributed by atoms with E-state index in [1.54, 1.807) is 29.9 Å². The van der Waals surface area contributed by atoms with Crippen LogP contribution in [0.1, 0.15) is 5.82 Å². The van der Waals surface area contributed by atoms with E-state index >= 15 is 0 Å². The van der Waals surface area contributed by atoms with Gasteiger partial charge >= 0.3 is 0 Å². The minimum absolute atomic E-state index is 0.272. The van der Waals surface area contributed by atoms with E-state index < -0.39 is 0 Å². The average Bonchev–Trinajstić information content (AvgIpc) is 3.03. The predicted molar refractivity (Wildman–Crippen MR) is 109 cm³/mol. The fraction of sp³-hybridized carbons (Fsp3) is 0.211. The van der Waals surface area contributed by atoms with Gasteiger partial charge in [0.15, 0.2) is 11.5 Å². The number of aromatic nitrogens is 6. The Labute approximate surface area is 166 Å². The van der Waals surface area contributed by atoms with Crippen LogP contribution in [-0.4, -0.2) is 53.9 Å². The second-order valence-electron chi connectivity index (χ2n) is 6.92. The molecule has 10 nitrogen and oxygen atoms in total. The number of hydrogen-bond acceptors (Lipinski definition) is 9. The molecule has 1 fully saturated rings. The highest BCUT2D eigenvalue weighted by atomic mass is 16.3. The number of nitrogen functional groups attached to an aromatic ring is 1. The van der Waals surface area contributed by atoms with Crippen molar-refractivity contribution in [1.29, 1.82) is 0 Å².